The summed E-state index contributed by atoms with van der Waals surface area (Å²) in [5.74, 6) is -0.0984. The first-order valence-electron chi connectivity index (χ1n) is 9.75. The molecule has 0 aliphatic heterocycles. The van der Waals surface area contributed by atoms with E-state index in [2.05, 4.69) is 26.1 Å². The fourth-order valence-electron chi connectivity index (χ4n) is 5.37. The van der Waals surface area contributed by atoms with Crippen LogP contribution in [0.5, 0.6) is 0 Å². The van der Waals surface area contributed by atoms with E-state index in [1.54, 1.807) is 18.2 Å². The van der Waals surface area contributed by atoms with Crippen molar-refractivity contribution in [3.05, 3.63) is 63.9 Å². The number of rotatable bonds is 2. The maximum Gasteiger partial charge on any atom is 0.237 e. The maximum absolute atomic E-state index is 13.8. The third kappa shape index (κ3) is 2.25. The molecule has 2 aliphatic rings. The standard InChI is InChI=1S/C23H21Cl2N3O/c1-21(2)22(3)10-11-23(21,20(29)28-17-12-13(24)8-9-14(17)25)19-18(22)26-15-6-4-5-7-16(15)27-19/h4-9,12H,10-11H2,1-3H3,(H,28,29)/t22-,23+/m0/s1. The number of fused-ring (bicyclic) bond motifs is 6. The minimum absolute atomic E-state index is 0.0984. The number of carbonyl (C=O) groups is 1. The first-order chi connectivity index (χ1) is 13.7. The lowest BCUT2D eigenvalue weighted by atomic mass is 9.63. The summed E-state index contributed by atoms with van der Waals surface area (Å²) in [5.41, 5.74) is 2.58. The molecule has 0 saturated heterocycles. The van der Waals surface area contributed by atoms with Gasteiger partial charge < -0.3 is 5.32 Å². The molecule has 4 nitrogen and oxygen atoms in total. The number of para-hydroxylation sites is 2. The van der Waals surface area contributed by atoms with E-state index < -0.39 is 5.41 Å². The lowest BCUT2D eigenvalue weighted by Crippen LogP contribution is -2.48. The number of anilines is 1. The minimum Gasteiger partial charge on any atom is -0.324 e. The van der Waals surface area contributed by atoms with Gasteiger partial charge in [-0.3, -0.25) is 4.79 Å². The predicted octanol–water partition coefficient (Wildman–Crippen LogP) is 5.90. The molecule has 1 fully saturated rings. The summed E-state index contributed by atoms with van der Waals surface area (Å²) < 4.78 is 0. The molecule has 2 aromatic carbocycles. The Morgan fingerprint density at radius 2 is 1.62 bits per heavy atom. The van der Waals surface area contributed by atoms with Crippen molar-refractivity contribution < 1.29 is 4.79 Å². The summed E-state index contributed by atoms with van der Waals surface area (Å²) in [5, 5.41) is 4.03. The lowest BCUT2D eigenvalue weighted by molar-refractivity contribution is -0.125. The van der Waals surface area contributed by atoms with E-state index in [-0.39, 0.29) is 16.7 Å². The quantitative estimate of drug-likeness (QED) is 0.555. The van der Waals surface area contributed by atoms with Crippen LogP contribution in [0.15, 0.2) is 42.5 Å². The number of benzene rings is 2. The van der Waals surface area contributed by atoms with Crippen LogP contribution in [0.1, 0.15) is 45.0 Å². The molecule has 1 N–H and O–H groups in total. The van der Waals surface area contributed by atoms with Crippen LogP contribution in [0.4, 0.5) is 5.69 Å². The molecule has 29 heavy (non-hydrogen) atoms. The van der Waals surface area contributed by atoms with Crippen molar-refractivity contribution in [2.24, 2.45) is 5.41 Å². The number of amides is 1. The average Bonchev–Trinajstić information content (AvgIpc) is 2.99. The molecular formula is C23H21Cl2N3O. The zero-order chi connectivity index (χ0) is 20.6. The SMILES string of the molecule is CC1(C)[C@@]2(C)CC[C@]1(C(=O)Nc1cc(Cl)ccc1Cl)c1nc3ccccc3nc12. The fourth-order valence-corrected chi connectivity index (χ4v) is 5.71. The van der Waals surface area contributed by atoms with Crippen molar-refractivity contribution in [3.63, 3.8) is 0 Å². The fraction of sp³-hybridized carbons (Fsp3) is 0.348. The first kappa shape index (κ1) is 18.8. The molecule has 0 unspecified atom stereocenters. The van der Waals surface area contributed by atoms with E-state index >= 15 is 0 Å². The molecule has 1 amide bonds. The minimum atomic E-state index is -0.778. The average molecular weight is 426 g/mol. The second kappa shape index (κ2) is 5.93. The van der Waals surface area contributed by atoms with E-state index in [1.807, 2.05) is 24.3 Å². The number of nitrogens with zero attached hydrogens (tertiary/aromatic N) is 2. The van der Waals surface area contributed by atoms with Gasteiger partial charge in [-0.1, -0.05) is 56.1 Å². The molecule has 2 atom stereocenters. The Kier molecular flexibility index (Phi) is 3.85. The Morgan fingerprint density at radius 1 is 0.966 bits per heavy atom. The molecule has 3 aromatic rings. The van der Waals surface area contributed by atoms with Crippen LogP contribution < -0.4 is 5.32 Å². The summed E-state index contributed by atoms with van der Waals surface area (Å²) in [4.78, 5) is 23.8. The highest BCUT2D eigenvalue weighted by Gasteiger charge is 2.73. The molecule has 5 rings (SSSR count). The number of aromatic nitrogens is 2. The highest BCUT2D eigenvalue weighted by atomic mass is 35.5. The highest BCUT2D eigenvalue weighted by Crippen LogP contribution is 2.70. The van der Waals surface area contributed by atoms with Crippen molar-refractivity contribution in [1.82, 2.24) is 9.97 Å². The monoisotopic (exact) mass is 425 g/mol. The van der Waals surface area contributed by atoms with Gasteiger partial charge in [-0.05, 0) is 48.6 Å². The number of carbonyl (C=O) groups excluding carboxylic acids is 1. The summed E-state index contributed by atoms with van der Waals surface area (Å²) in [7, 11) is 0. The van der Waals surface area contributed by atoms with Crippen molar-refractivity contribution in [2.75, 3.05) is 5.32 Å². The Morgan fingerprint density at radius 3 is 2.31 bits per heavy atom. The molecule has 148 valence electrons. The van der Waals surface area contributed by atoms with Gasteiger partial charge in [-0.2, -0.15) is 0 Å². The van der Waals surface area contributed by atoms with Crippen LogP contribution in [0, 0.1) is 5.41 Å². The highest BCUT2D eigenvalue weighted by molar-refractivity contribution is 6.35. The Hall–Kier alpha value is -2.17. The molecular weight excluding hydrogens is 405 g/mol. The van der Waals surface area contributed by atoms with Crippen LogP contribution in [0.2, 0.25) is 10.0 Å². The van der Waals surface area contributed by atoms with E-state index in [4.69, 9.17) is 33.2 Å². The number of halogens is 2. The van der Waals surface area contributed by atoms with E-state index in [9.17, 15) is 4.79 Å². The van der Waals surface area contributed by atoms with Crippen molar-refractivity contribution >= 4 is 45.8 Å². The van der Waals surface area contributed by atoms with Crippen molar-refractivity contribution in [1.29, 1.82) is 0 Å². The Labute approximate surface area is 179 Å². The molecule has 1 saturated carbocycles. The van der Waals surface area contributed by atoms with E-state index in [1.165, 1.54) is 0 Å². The van der Waals surface area contributed by atoms with Gasteiger partial charge in [0.2, 0.25) is 5.91 Å². The largest absolute Gasteiger partial charge is 0.324 e. The molecule has 1 aromatic heterocycles. The molecule has 0 spiro atoms. The van der Waals surface area contributed by atoms with Crippen LogP contribution >= 0.6 is 23.2 Å². The molecule has 0 radical (unpaired) electrons. The molecule has 6 heteroatoms. The number of nitrogens with one attached hydrogen (secondary N) is 1. The second-order valence-corrected chi connectivity index (χ2v) is 9.69. The van der Waals surface area contributed by atoms with Crippen LogP contribution in [0.25, 0.3) is 11.0 Å². The van der Waals surface area contributed by atoms with Crippen LogP contribution in [-0.2, 0) is 15.6 Å². The Balaban J connectivity index is 1.70. The van der Waals surface area contributed by atoms with Gasteiger partial charge in [0.25, 0.3) is 0 Å². The smallest absolute Gasteiger partial charge is 0.237 e. The van der Waals surface area contributed by atoms with E-state index in [0.29, 0.717) is 15.7 Å². The first-order valence-corrected chi connectivity index (χ1v) is 10.5. The second-order valence-electron chi connectivity index (χ2n) is 8.85. The Bertz CT molecular complexity index is 1190. The zero-order valence-electron chi connectivity index (χ0n) is 16.5. The lowest BCUT2D eigenvalue weighted by Gasteiger charge is -2.39. The van der Waals surface area contributed by atoms with Gasteiger partial charge >= 0.3 is 0 Å². The summed E-state index contributed by atoms with van der Waals surface area (Å²) in [6.45, 7) is 6.53. The van der Waals surface area contributed by atoms with Gasteiger partial charge in [0.15, 0.2) is 0 Å². The number of hydrogen-bond acceptors (Lipinski definition) is 3. The van der Waals surface area contributed by atoms with E-state index in [0.717, 1.165) is 35.3 Å². The maximum atomic E-state index is 13.8. The van der Waals surface area contributed by atoms with Crippen molar-refractivity contribution in [3.8, 4) is 0 Å². The van der Waals surface area contributed by atoms with Crippen molar-refractivity contribution in [2.45, 2.75) is 44.4 Å². The third-order valence-corrected chi connectivity index (χ3v) is 8.07. The molecule has 2 bridgehead atoms. The summed E-state index contributed by atoms with van der Waals surface area (Å²) in [6.07, 6.45) is 1.61. The molecule has 1 heterocycles. The topological polar surface area (TPSA) is 54.9 Å². The van der Waals surface area contributed by atoms with Gasteiger partial charge in [0, 0.05) is 10.4 Å². The van der Waals surface area contributed by atoms with Gasteiger partial charge in [-0.25, -0.2) is 9.97 Å². The van der Waals surface area contributed by atoms with Gasteiger partial charge in [0.05, 0.1) is 38.5 Å². The van der Waals surface area contributed by atoms with Gasteiger partial charge in [0.1, 0.15) is 0 Å². The number of hydrogen-bond donors (Lipinski definition) is 1. The summed E-state index contributed by atoms with van der Waals surface area (Å²) >= 11 is 12.5. The third-order valence-electron chi connectivity index (χ3n) is 7.51. The summed E-state index contributed by atoms with van der Waals surface area (Å²) in [6, 6.07) is 12.9. The predicted molar refractivity (Wildman–Crippen MR) is 117 cm³/mol. The zero-order valence-corrected chi connectivity index (χ0v) is 18.0. The van der Waals surface area contributed by atoms with Gasteiger partial charge in [-0.15, -0.1) is 0 Å². The molecule has 2 aliphatic carbocycles. The normalized spacial score (nSPS) is 26.5. The van der Waals surface area contributed by atoms with Crippen LogP contribution in [-0.4, -0.2) is 15.9 Å². The van der Waals surface area contributed by atoms with Crippen LogP contribution in [0.3, 0.4) is 0 Å².